The fourth-order valence-corrected chi connectivity index (χ4v) is 1.49. The number of alkyl halides is 1. The second-order valence-electron chi connectivity index (χ2n) is 2.97. The molecule has 0 amide bonds. The molecule has 0 N–H and O–H groups in total. The highest BCUT2D eigenvalue weighted by molar-refractivity contribution is 6.16. The molecule has 2 heterocycles. The third kappa shape index (κ3) is 1.93. The van der Waals surface area contributed by atoms with E-state index in [-0.39, 0.29) is 0 Å². The Morgan fingerprint density at radius 3 is 3.00 bits per heavy atom. The van der Waals surface area contributed by atoms with Crippen molar-refractivity contribution in [1.29, 1.82) is 0 Å². The molecule has 0 bridgehead atoms. The van der Waals surface area contributed by atoms with E-state index in [1.807, 2.05) is 22.8 Å². The molecule has 0 radical (unpaired) electrons. The second kappa shape index (κ2) is 4.24. The highest BCUT2D eigenvalue weighted by atomic mass is 35.5. The third-order valence-electron chi connectivity index (χ3n) is 1.99. The van der Waals surface area contributed by atoms with Gasteiger partial charge in [0.25, 0.3) is 0 Å². The van der Waals surface area contributed by atoms with Crippen molar-refractivity contribution in [2.24, 2.45) is 0 Å². The Labute approximate surface area is 87.4 Å². The van der Waals surface area contributed by atoms with Crippen molar-refractivity contribution in [2.75, 3.05) is 0 Å². The molecule has 0 saturated carbocycles. The van der Waals surface area contributed by atoms with E-state index in [0.29, 0.717) is 5.88 Å². The first-order valence-electron chi connectivity index (χ1n) is 4.35. The molecule has 0 fully saturated rings. The number of imidazole rings is 1. The van der Waals surface area contributed by atoms with Crippen LogP contribution >= 0.6 is 11.6 Å². The van der Waals surface area contributed by atoms with Gasteiger partial charge in [-0.2, -0.15) is 0 Å². The van der Waals surface area contributed by atoms with Crippen LogP contribution in [0.1, 0.15) is 11.4 Å². The zero-order chi connectivity index (χ0) is 9.80. The lowest BCUT2D eigenvalue weighted by molar-refractivity contribution is 0.745. The monoisotopic (exact) mass is 207 g/mol. The summed E-state index contributed by atoms with van der Waals surface area (Å²) in [5.41, 5.74) is 2.02. The minimum atomic E-state index is 0.479. The molecule has 0 aromatic carbocycles. The van der Waals surface area contributed by atoms with Crippen LogP contribution in [0.15, 0.2) is 36.9 Å². The van der Waals surface area contributed by atoms with Crippen molar-refractivity contribution in [3.8, 4) is 0 Å². The van der Waals surface area contributed by atoms with Gasteiger partial charge < -0.3 is 4.57 Å². The molecular formula is C10H10ClN3. The molecule has 0 aliphatic carbocycles. The minimum Gasteiger partial charge on any atom is -0.327 e. The fourth-order valence-electron chi connectivity index (χ4n) is 1.27. The molecule has 4 heteroatoms. The first-order chi connectivity index (χ1) is 6.90. The van der Waals surface area contributed by atoms with Crippen LogP contribution in [0.2, 0.25) is 0 Å². The van der Waals surface area contributed by atoms with Crippen LogP contribution < -0.4 is 0 Å². The number of aromatic nitrogens is 3. The maximum Gasteiger partial charge on any atom is 0.0952 e. The number of hydrogen-bond donors (Lipinski definition) is 0. The molecule has 0 aliphatic heterocycles. The van der Waals surface area contributed by atoms with Crippen molar-refractivity contribution >= 4 is 11.6 Å². The van der Waals surface area contributed by atoms with Crippen molar-refractivity contribution in [3.63, 3.8) is 0 Å². The summed E-state index contributed by atoms with van der Waals surface area (Å²) >= 11 is 5.76. The van der Waals surface area contributed by atoms with Gasteiger partial charge in [-0.3, -0.25) is 4.98 Å². The summed E-state index contributed by atoms with van der Waals surface area (Å²) < 4.78 is 2.00. The molecule has 0 unspecified atom stereocenters. The van der Waals surface area contributed by atoms with Gasteiger partial charge >= 0.3 is 0 Å². The van der Waals surface area contributed by atoms with Crippen molar-refractivity contribution in [2.45, 2.75) is 12.4 Å². The summed E-state index contributed by atoms with van der Waals surface area (Å²) in [7, 11) is 0. The van der Waals surface area contributed by atoms with Crippen LogP contribution in [-0.2, 0) is 12.4 Å². The lowest BCUT2D eigenvalue weighted by atomic mass is 10.3. The third-order valence-corrected chi connectivity index (χ3v) is 2.27. The van der Waals surface area contributed by atoms with Crippen molar-refractivity contribution in [1.82, 2.24) is 14.5 Å². The van der Waals surface area contributed by atoms with E-state index < -0.39 is 0 Å². The van der Waals surface area contributed by atoms with Crippen molar-refractivity contribution < 1.29 is 0 Å². The molecule has 0 spiro atoms. The Kier molecular flexibility index (Phi) is 2.79. The molecule has 0 atom stereocenters. The summed E-state index contributed by atoms with van der Waals surface area (Å²) in [6.45, 7) is 0.725. The first kappa shape index (κ1) is 9.21. The smallest absolute Gasteiger partial charge is 0.0952 e. The van der Waals surface area contributed by atoms with Crippen LogP contribution in [0.3, 0.4) is 0 Å². The molecule has 2 rings (SSSR count). The van der Waals surface area contributed by atoms with E-state index >= 15 is 0 Å². The molecule has 72 valence electrons. The normalized spacial score (nSPS) is 10.4. The lowest BCUT2D eigenvalue weighted by Gasteiger charge is -2.04. The zero-order valence-corrected chi connectivity index (χ0v) is 8.35. The van der Waals surface area contributed by atoms with Gasteiger partial charge in [0.05, 0.1) is 30.1 Å². The largest absolute Gasteiger partial charge is 0.327 e. The summed E-state index contributed by atoms with van der Waals surface area (Å²) in [5, 5.41) is 0. The standard InChI is InChI=1S/C10H10ClN3/c11-5-10-6-12-8-14(10)7-9-3-1-2-4-13-9/h1-4,6,8H,5,7H2. The van der Waals surface area contributed by atoms with E-state index in [2.05, 4.69) is 9.97 Å². The van der Waals surface area contributed by atoms with Gasteiger partial charge in [-0.15, -0.1) is 11.6 Å². The number of halogens is 1. The van der Waals surface area contributed by atoms with Gasteiger partial charge in [-0.1, -0.05) is 6.07 Å². The Morgan fingerprint density at radius 1 is 1.36 bits per heavy atom. The maximum absolute atomic E-state index is 5.76. The summed E-state index contributed by atoms with van der Waals surface area (Å²) in [4.78, 5) is 8.28. The fraction of sp³-hybridized carbons (Fsp3) is 0.200. The molecule has 2 aromatic rings. The maximum atomic E-state index is 5.76. The van der Waals surface area contributed by atoms with Gasteiger partial charge in [0.1, 0.15) is 0 Å². The highest BCUT2D eigenvalue weighted by Gasteiger charge is 2.01. The average Bonchev–Trinajstić information content (AvgIpc) is 2.67. The van der Waals surface area contributed by atoms with Crippen LogP contribution in [0, 0.1) is 0 Å². The predicted molar refractivity (Wildman–Crippen MR) is 55.1 cm³/mol. The van der Waals surface area contributed by atoms with Gasteiger partial charge in [0.2, 0.25) is 0 Å². The lowest BCUT2D eigenvalue weighted by Crippen LogP contribution is -2.02. The Bertz CT molecular complexity index is 397. The van der Waals surface area contributed by atoms with Crippen LogP contribution in [0.4, 0.5) is 0 Å². The number of rotatable bonds is 3. The van der Waals surface area contributed by atoms with Crippen LogP contribution in [-0.4, -0.2) is 14.5 Å². The van der Waals surface area contributed by atoms with Gasteiger partial charge in [0.15, 0.2) is 0 Å². The summed E-state index contributed by atoms with van der Waals surface area (Å²) in [6, 6.07) is 5.86. The Hall–Kier alpha value is -1.35. The topological polar surface area (TPSA) is 30.7 Å². The number of nitrogens with zero attached hydrogens (tertiary/aromatic N) is 3. The van der Waals surface area contributed by atoms with Gasteiger partial charge in [-0.25, -0.2) is 4.98 Å². The number of hydrogen-bond acceptors (Lipinski definition) is 2. The quantitative estimate of drug-likeness (QED) is 0.722. The summed E-state index contributed by atoms with van der Waals surface area (Å²) in [6.07, 6.45) is 5.33. The Balaban J connectivity index is 2.19. The predicted octanol–water partition coefficient (Wildman–Crippen LogP) is 2.07. The van der Waals surface area contributed by atoms with Crippen molar-refractivity contribution in [3.05, 3.63) is 48.3 Å². The Morgan fingerprint density at radius 2 is 2.29 bits per heavy atom. The van der Waals surface area contributed by atoms with Gasteiger partial charge in [-0.05, 0) is 12.1 Å². The molecule has 0 aliphatic rings. The molecular weight excluding hydrogens is 198 g/mol. The molecule has 2 aromatic heterocycles. The van der Waals surface area contributed by atoms with E-state index in [1.54, 1.807) is 18.7 Å². The van der Waals surface area contributed by atoms with E-state index in [9.17, 15) is 0 Å². The van der Waals surface area contributed by atoms with Crippen LogP contribution in [0.5, 0.6) is 0 Å². The van der Waals surface area contributed by atoms with E-state index in [1.165, 1.54) is 0 Å². The SMILES string of the molecule is ClCc1cncn1Cc1ccccn1. The zero-order valence-electron chi connectivity index (χ0n) is 7.60. The average molecular weight is 208 g/mol. The van der Waals surface area contributed by atoms with Crippen LogP contribution in [0.25, 0.3) is 0 Å². The summed E-state index contributed by atoms with van der Waals surface area (Å²) in [5.74, 6) is 0.479. The van der Waals surface area contributed by atoms with E-state index in [0.717, 1.165) is 17.9 Å². The van der Waals surface area contributed by atoms with Gasteiger partial charge in [0, 0.05) is 12.4 Å². The van der Waals surface area contributed by atoms with E-state index in [4.69, 9.17) is 11.6 Å². The minimum absolute atomic E-state index is 0.479. The molecule has 3 nitrogen and oxygen atoms in total. The highest BCUT2D eigenvalue weighted by Crippen LogP contribution is 2.06. The number of pyridine rings is 1. The molecule has 0 saturated heterocycles. The molecule has 14 heavy (non-hydrogen) atoms. The second-order valence-corrected chi connectivity index (χ2v) is 3.23. The first-order valence-corrected chi connectivity index (χ1v) is 4.88.